The molecule has 0 heterocycles. The van der Waals surface area contributed by atoms with Crippen molar-refractivity contribution in [2.75, 3.05) is 0 Å². The van der Waals surface area contributed by atoms with Gasteiger partial charge in [-0.3, -0.25) is 0 Å². The van der Waals surface area contributed by atoms with E-state index in [1.807, 2.05) is 0 Å². The Hall–Kier alpha value is 0.150. The summed E-state index contributed by atoms with van der Waals surface area (Å²) in [4.78, 5) is 15.8. The molecule has 0 radical (unpaired) electrons. The predicted octanol–water partition coefficient (Wildman–Crippen LogP) is 0.344. The van der Waals surface area contributed by atoms with Gasteiger partial charge in [-0.25, -0.2) is 3.97 Å². The first-order valence-corrected chi connectivity index (χ1v) is 3.08. The van der Waals surface area contributed by atoms with Gasteiger partial charge >= 0.3 is 8.60 Å². The lowest BCUT2D eigenvalue weighted by Gasteiger charge is -1.91. The molecule has 0 bridgehead atoms. The third-order valence-corrected chi connectivity index (χ3v) is 1.05. The van der Waals surface area contributed by atoms with Crippen molar-refractivity contribution in [1.29, 1.82) is 5.26 Å². The molecule has 2 N–H and O–H groups in total. The van der Waals surface area contributed by atoms with Crippen molar-refractivity contribution in [2.45, 2.75) is 0 Å². The van der Waals surface area contributed by atoms with Gasteiger partial charge in [-0.1, -0.05) is 0 Å². The van der Waals surface area contributed by atoms with E-state index in [-0.39, 0.29) is 0 Å². The Bertz CT molecular complexity index is 79.5. The minimum Gasteiger partial charge on any atom is -0.327 e. The number of hydrogen-bond donors (Lipinski definition) is 2. The van der Waals surface area contributed by atoms with Gasteiger partial charge in [0.15, 0.2) is 5.40 Å². The first-order valence-electron chi connectivity index (χ1n) is 1.18. The van der Waals surface area contributed by atoms with Crippen LogP contribution in [0.3, 0.4) is 0 Å². The monoisotopic (exact) mass is 139 g/mol. The topological polar surface area (TPSA) is 73.5 Å². The van der Waals surface area contributed by atoms with Crippen molar-refractivity contribution in [1.82, 2.24) is 0 Å². The summed E-state index contributed by atoms with van der Waals surface area (Å²) in [6.07, 6.45) is 0. The van der Waals surface area contributed by atoms with Crippen molar-refractivity contribution in [3.8, 4) is 5.40 Å². The van der Waals surface area contributed by atoms with Crippen LogP contribution >= 0.6 is 20.6 Å². The van der Waals surface area contributed by atoms with Crippen LogP contribution in [0.25, 0.3) is 0 Å². The fraction of sp³-hybridized carbons (Fsp3) is 0. The molecular formula is CH2NO3PS. The molecule has 0 aromatic carbocycles. The van der Waals surface area contributed by atoms with Gasteiger partial charge in [-0.2, -0.15) is 5.26 Å². The van der Waals surface area contributed by atoms with Gasteiger partial charge in [0, 0.05) is 0 Å². The van der Waals surface area contributed by atoms with Crippen LogP contribution in [-0.2, 0) is 3.97 Å². The summed E-state index contributed by atoms with van der Waals surface area (Å²) in [6.45, 7) is 0. The molecule has 0 fully saturated rings. The van der Waals surface area contributed by atoms with Gasteiger partial charge in [-0.05, 0) is 0 Å². The summed E-state index contributed by atoms with van der Waals surface area (Å²) in [7, 11) is -2.37. The van der Waals surface area contributed by atoms with E-state index in [9.17, 15) is 0 Å². The maximum absolute atomic E-state index is 7.91. The normalized spacial score (nSPS) is 8.86. The Morgan fingerprint density at radius 1 is 1.71 bits per heavy atom. The number of rotatable bonds is 2. The zero-order chi connectivity index (χ0) is 5.70. The van der Waals surface area contributed by atoms with Crippen molar-refractivity contribution >= 4 is 20.6 Å². The van der Waals surface area contributed by atoms with Crippen LogP contribution in [0.4, 0.5) is 0 Å². The third-order valence-electron chi connectivity index (χ3n) is 0.141. The molecule has 0 aromatic rings. The Morgan fingerprint density at radius 2 is 2.29 bits per heavy atom. The van der Waals surface area contributed by atoms with E-state index in [1.165, 1.54) is 5.40 Å². The predicted molar refractivity (Wildman–Crippen MR) is 25.6 cm³/mol. The standard InChI is InChI=1S/CH2NO3PS/c2-1-7-5-6(3)4/h3-4H. The molecule has 0 rings (SSSR count). The molecule has 0 aliphatic rings. The van der Waals surface area contributed by atoms with Crippen LogP contribution in [0, 0.1) is 10.7 Å². The molecule has 7 heavy (non-hydrogen) atoms. The Kier molecular flexibility index (Phi) is 4.41. The molecule has 0 aliphatic heterocycles. The second kappa shape index (κ2) is 4.31. The molecule has 40 valence electrons. The van der Waals surface area contributed by atoms with Crippen LogP contribution in [-0.4, -0.2) is 9.79 Å². The van der Waals surface area contributed by atoms with E-state index in [1.54, 1.807) is 0 Å². The molecule has 4 nitrogen and oxygen atoms in total. The summed E-state index contributed by atoms with van der Waals surface area (Å²) >= 11 is 0.351. The highest BCUT2D eigenvalue weighted by Gasteiger charge is 1.96. The van der Waals surface area contributed by atoms with Crippen LogP contribution in [0.5, 0.6) is 0 Å². The van der Waals surface area contributed by atoms with E-state index in [0.29, 0.717) is 12.0 Å². The maximum atomic E-state index is 7.91. The van der Waals surface area contributed by atoms with Gasteiger partial charge < -0.3 is 9.79 Å². The molecular weight excluding hydrogens is 137 g/mol. The zero-order valence-electron chi connectivity index (χ0n) is 3.11. The minimum absolute atomic E-state index is 0.351. The molecule has 0 unspecified atom stereocenters. The first kappa shape index (κ1) is 7.15. The summed E-state index contributed by atoms with van der Waals surface area (Å²) in [5, 5.41) is 9.18. The van der Waals surface area contributed by atoms with E-state index >= 15 is 0 Å². The smallest absolute Gasteiger partial charge is 0.327 e. The van der Waals surface area contributed by atoms with Crippen molar-refractivity contribution in [2.24, 2.45) is 0 Å². The van der Waals surface area contributed by atoms with Gasteiger partial charge in [0.2, 0.25) is 0 Å². The SMILES string of the molecule is N#CSOP(O)O. The summed E-state index contributed by atoms with van der Waals surface area (Å²) < 4.78 is 3.92. The van der Waals surface area contributed by atoms with Crippen molar-refractivity contribution in [3.63, 3.8) is 0 Å². The Labute approximate surface area is 45.9 Å². The van der Waals surface area contributed by atoms with Gasteiger partial charge in [-0.15, -0.1) is 0 Å². The number of nitrogens with zero attached hydrogens (tertiary/aromatic N) is 1. The lowest BCUT2D eigenvalue weighted by atomic mass is 11.8. The highest BCUT2D eigenvalue weighted by molar-refractivity contribution is 8.01. The molecule has 6 heteroatoms. The molecule has 0 saturated carbocycles. The molecule has 0 atom stereocenters. The van der Waals surface area contributed by atoms with E-state index in [4.69, 9.17) is 15.0 Å². The third kappa shape index (κ3) is 6.15. The van der Waals surface area contributed by atoms with Crippen molar-refractivity contribution in [3.05, 3.63) is 0 Å². The second-order valence-electron chi connectivity index (χ2n) is 0.502. The summed E-state index contributed by atoms with van der Waals surface area (Å²) in [6, 6.07) is 0. The lowest BCUT2D eigenvalue weighted by Crippen LogP contribution is -1.65. The van der Waals surface area contributed by atoms with E-state index in [2.05, 4.69) is 3.97 Å². The van der Waals surface area contributed by atoms with Crippen LogP contribution < -0.4 is 0 Å². The van der Waals surface area contributed by atoms with Gasteiger partial charge in [0.05, 0.1) is 0 Å². The van der Waals surface area contributed by atoms with Crippen LogP contribution in [0.1, 0.15) is 0 Å². The average molecular weight is 139 g/mol. The summed E-state index contributed by atoms with van der Waals surface area (Å²) in [5.74, 6) is 0. The Morgan fingerprint density at radius 3 is 2.43 bits per heavy atom. The van der Waals surface area contributed by atoms with E-state index in [0.717, 1.165) is 0 Å². The average Bonchev–Trinajstić information content (AvgIpc) is 1.61. The fourth-order valence-corrected chi connectivity index (χ4v) is 0.450. The molecule has 0 saturated heterocycles. The Balaban J connectivity index is 2.86. The number of hydrogen-bond acceptors (Lipinski definition) is 5. The van der Waals surface area contributed by atoms with Gasteiger partial charge in [0.1, 0.15) is 12.0 Å². The van der Waals surface area contributed by atoms with E-state index < -0.39 is 8.60 Å². The molecule has 0 spiro atoms. The zero-order valence-corrected chi connectivity index (χ0v) is 4.82. The number of thiocyanates is 1. The lowest BCUT2D eigenvalue weighted by molar-refractivity contribution is 0.398. The fourth-order valence-electron chi connectivity index (χ4n) is 0.0500. The summed E-state index contributed by atoms with van der Waals surface area (Å²) in [5.41, 5.74) is 0. The highest BCUT2D eigenvalue weighted by atomic mass is 32.2. The minimum atomic E-state index is -2.37. The molecule has 0 aromatic heterocycles. The number of nitriles is 1. The van der Waals surface area contributed by atoms with Crippen LogP contribution in [0.2, 0.25) is 0 Å². The quantitative estimate of drug-likeness (QED) is 0.328. The van der Waals surface area contributed by atoms with Crippen molar-refractivity contribution < 1.29 is 13.8 Å². The second-order valence-corrected chi connectivity index (χ2v) is 1.95. The maximum Gasteiger partial charge on any atom is 0.340 e. The highest BCUT2D eigenvalue weighted by Crippen LogP contribution is 2.30. The molecule has 0 aliphatic carbocycles. The van der Waals surface area contributed by atoms with Crippen LogP contribution in [0.15, 0.2) is 0 Å². The largest absolute Gasteiger partial charge is 0.340 e. The molecule has 0 amide bonds. The van der Waals surface area contributed by atoms with Gasteiger partial charge in [0.25, 0.3) is 0 Å². The first-order chi connectivity index (χ1) is 3.27.